The van der Waals surface area contributed by atoms with Crippen LogP contribution in [0.3, 0.4) is 0 Å². The van der Waals surface area contributed by atoms with Crippen LogP contribution in [0.2, 0.25) is 0 Å². The summed E-state index contributed by atoms with van der Waals surface area (Å²) >= 11 is 0. The van der Waals surface area contributed by atoms with E-state index in [4.69, 9.17) is 5.11 Å². The summed E-state index contributed by atoms with van der Waals surface area (Å²) in [5, 5.41) is 13.1. The SMILES string of the molecule is O=c1ccc(-c2ccccc2)nn1CCCCCO. The molecule has 1 heterocycles. The summed E-state index contributed by atoms with van der Waals surface area (Å²) in [7, 11) is 0. The first-order valence-corrected chi connectivity index (χ1v) is 6.56. The van der Waals surface area contributed by atoms with E-state index in [-0.39, 0.29) is 12.2 Å². The van der Waals surface area contributed by atoms with E-state index >= 15 is 0 Å². The quantitative estimate of drug-likeness (QED) is 0.807. The van der Waals surface area contributed by atoms with Crippen LogP contribution in [0.5, 0.6) is 0 Å². The molecule has 1 N–H and O–H groups in total. The first kappa shape index (κ1) is 13.5. The van der Waals surface area contributed by atoms with Crippen molar-refractivity contribution < 1.29 is 5.11 Å². The third-order valence-corrected chi connectivity index (χ3v) is 2.96. The highest BCUT2D eigenvalue weighted by Crippen LogP contribution is 2.14. The third kappa shape index (κ3) is 3.76. The largest absolute Gasteiger partial charge is 0.396 e. The van der Waals surface area contributed by atoms with Crippen LogP contribution < -0.4 is 5.56 Å². The first-order chi connectivity index (χ1) is 9.31. The number of unbranched alkanes of at least 4 members (excludes halogenated alkanes) is 2. The third-order valence-electron chi connectivity index (χ3n) is 2.96. The Labute approximate surface area is 112 Å². The molecule has 0 fully saturated rings. The molecule has 0 saturated carbocycles. The van der Waals surface area contributed by atoms with Crippen molar-refractivity contribution in [2.24, 2.45) is 0 Å². The fourth-order valence-electron chi connectivity index (χ4n) is 1.92. The van der Waals surface area contributed by atoms with E-state index in [0.29, 0.717) is 6.54 Å². The molecule has 100 valence electrons. The molecular formula is C15H18N2O2. The summed E-state index contributed by atoms with van der Waals surface area (Å²) in [6, 6.07) is 13.1. The van der Waals surface area contributed by atoms with Gasteiger partial charge in [0.05, 0.1) is 5.69 Å². The van der Waals surface area contributed by atoms with Gasteiger partial charge in [0.1, 0.15) is 0 Å². The van der Waals surface area contributed by atoms with E-state index in [1.165, 1.54) is 4.68 Å². The van der Waals surface area contributed by atoms with E-state index in [0.717, 1.165) is 30.5 Å². The van der Waals surface area contributed by atoms with Gasteiger partial charge in [-0.25, -0.2) is 4.68 Å². The molecule has 4 nitrogen and oxygen atoms in total. The minimum Gasteiger partial charge on any atom is -0.396 e. The molecule has 0 aliphatic heterocycles. The zero-order valence-corrected chi connectivity index (χ0v) is 10.8. The summed E-state index contributed by atoms with van der Waals surface area (Å²) < 4.78 is 1.50. The molecule has 0 bridgehead atoms. The van der Waals surface area contributed by atoms with E-state index < -0.39 is 0 Å². The van der Waals surface area contributed by atoms with Crippen molar-refractivity contribution in [1.82, 2.24) is 9.78 Å². The van der Waals surface area contributed by atoms with Crippen molar-refractivity contribution >= 4 is 0 Å². The monoisotopic (exact) mass is 258 g/mol. The van der Waals surface area contributed by atoms with Gasteiger partial charge in [0.2, 0.25) is 0 Å². The molecule has 0 saturated heterocycles. The molecule has 0 radical (unpaired) electrons. The molecule has 0 amide bonds. The molecule has 0 aliphatic rings. The molecule has 2 rings (SSSR count). The summed E-state index contributed by atoms with van der Waals surface area (Å²) in [5.41, 5.74) is 1.73. The van der Waals surface area contributed by atoms with Crippen LogP contribution >= 0.6 is 0 Å². The van der Waals surface area contributed by atoms with Crippen LogP contribution in [0.15, 0.2) is 47.3 Å². The highest BCUT2D eigenvalue weighted by Gasteiger charge is 2.02. The molecular weight excluding hydrogens is 240 g/mol. The Morgan fingerprint density at radius 3 is 2.53 bits per heavy atom. The van der Waals surface area contributed by atoms with Crippen LogP contribution in [-0.2, 0) is 6.54 Å². The normalized spacial score (nSPS) is 10.6. The molecule has 19 heavy (non-hydrogen) atoms. The molecule has 0 spiro atoms. The Kier molecular flexibility index (Phi) is 4.86. The number of aromatic nitrogens is 2. The Hall–Kier alpha value is -1.94. The van der Waals surface area contributed by atoms with Crippen molar-refractivity contribution in [3.05, 3.63) is 52.8 Å². The summed E-state index contributed by atoms with van der Waals surface area (Å²) in [5.74, 6) is 0. The lowest BCUT2D eigenvalue weighted by Gasteiger charge is -2.06. The zero-order chi connectivity index (χ0) is 13.5. The van der Waals surface area contributed by atoms with Crippen molar-refractivity contribution in [2.45, 2.75) is 25.8 Å². The fourth-order valence-corrected chi connectivity index (χ4v) is 1.92. The van der Waals surface area contributed by atoms with Gasteiger partial charge in [-0.2, -0.15) is 5.10 Å². The van der Waals surface area contributed by atoms with Crippen LogP contribution in [0.1, 0.15) is 19.3 Å². The Bertz CT molecular complexity index is 564. The van der Waals surface area contributed by atoms with Crippen LogP contribution in [-0.4, -0.2) is 21.5 Å². The Morgan fingerprint density at radius 1 is 1.00 bits per heavy atom. The van der Waals surface area contributed by atoms with E-state index in [1.54, 1.807) is 12.1 Å². The predicted octanol–water partition coefficient (Wildman–Crippen LogP) is 2.07. The van der Waals surface area contributed by atoms with Gasteiger partial charge in [-0.3, -0.25) is 4.79 Å². The van der Waals surface area contributed by atoms with Crippen LogP contribution in [0.4, 0.5) is 0 Å². The molecule has 0 atom stereocenters. The summed E-state index contributed by atoms with van der Waals surface area (Å²) in [4.78, 5) is 11.7. The number of hydrogen-bond acceptors (Lipinski definition) is 3. The predicted molar refractivity (Wildman–Crippen MR) is 74.9 cm³/mol. The highest BCUT2D eigenvalue weighted by molar-refractivity contribution is 5.57. The Balaban J connectivity index is 2.13. The van der Waals surface area contributed by atoms with Crippen molar-refractivity contribution in [3.63, 3.8) is 0 Å². The van der Waals surface area contributed by atoms with Crippen molar-refractivity contribution in [3.8, 4) is 11.3 Å². The van der Waals surface area contributed by atoms with E-state index in [1.807, 2.05) is 30.3 Å². The molecule has 0 aliphatic carbocycles. The Morgan fingerprint density at radius 2 is 1.79 bits per heavy atom. The van der Waals surface area contributed by atoms with Gasteiger partial charge in [-0.05, 0) is 25.3 Å². The summed E-state index contributed by atoms with van der Waals surface area (Å²) in [6.07, 6.45) is 2.53. The lowest BCUT2D eigenvalue weighted by atomic mass is 10.1. The maximum Gasteiger partial charge on any atom is 0.266 e. The van der Waals surface area contributed by atoms with E-state index in [2.05, 4.69) is 5.10 Å². The van der Waals surface area contributed by atoms with Gasteiger partial charge in [0.15, 0.2) is 0 Å². The fraction of sp³-hybridized carbons (Fsp3) is 0.333. The second kappa shape index (κ2) is 6.85. The van der Waals surface area contributed by atoms with Crippen molar-refractivity contribution in [1.29, 1.82) is 0 Å². The average molecular weight is 258 g/mol. The molecule has 1 aromatic heterocycles. The minimum atomic E-state index is -0.0799. The number of hydrogen-bond donors (Lipinski definition) is 1. The molecule has 2 aromatic rings. The molecule has 1 aromatic carbocycles. The maximum absolute atomic E-state index is 11.7. The standard InChI is InChI=1S/C15H18N2O2/c18-12-6-2-5-11-17-15(19)10-9-14(16-17)13-7-3-1-4-8-13/h1,3-4,7-10,18H,2,5-6,11-12H2. The number of aryl methyl sites for hydroxylation is 1. The lowest BCUT2D eigenvalue weighted by molar-refractivity contribution is 0.281. The molecule has 0 unspecified atom stereocenters. The average Bonchev–Trinajstić information content (AvgIpc) is 2.46. The number of benzene rings is 1. The second-order valence-electron chi connectivity index (χ2n) is 4.43. The number of aliphatic hydroxyl groups excluding tert-OH is 1. The minimum absolute atomic E-state index is 0.0799. The lowest BCUT2D eigenvalue weighted by Crippen LogP contribution is -2.22. The van der Waals surface area contributed by atoms with Crippen LogP contribution in [0, 0.1) is 0 Å². The highest BCUT2D eigenvalue weighted by atomic mass is 16.2. The number of nitrogens with zero attached hydrogens (tertiary/aromatic N) is 2. The number of rotatable bonds is 6. The molecule has 4 heteroatoms. The van der Waals surface area contributed by atoms with Gasteiger partial charge < -0.3 is 5.11 Å². The first-order valence-electron chi connectivity index (χ1n) is 6.56. The number of aliphatic hydroxyl groups is 1. The summed E-state index contributed by atoms with van der Waals surface area (Å²) in [6.45, 7) is 0.798. The zero-order valence-electron chi connectivity index (χ0n) is 10.8. The van der Waals surface area contributed by atoms with Gasteiger partial charge in [-0.1, -0.05) is 30.3 Å². The van der Waals surface area contributed by atoms with Gasteiger partial charge in [0.25, 0.3) is 5.56 Å². The van der Waals surface area contributed by atoms with Crippen LogP contribution in [0.25, 0.3) is 11.3 Å². The van der Waals surface area contributed by atoms with Gasteiger partial charge in [0, 0.05) is 24.8 Å². The van der Waals surface area contributed by atoms with Gasteiger partial charge in [-0.15, -0.1) is 0 Å². The second-order valence-corrected chi connectivity index (χ2v) is 4.43. The maximum atomic E-state index is 11.7. The van der Waals surface area contributed by atoms with Gasteiger partial charge >= 0.3 is 0 Å². The van der Waals surface area contributed by atoms with E-state index in [9.17, 15) is 4.79 Å². The smallest absolute Gasteiger partial charge is 0.266 e. The van der Waals surface area contributed by atoms with Crippen molar-refractivity contribution in [2.75, 3.05) is 6.61 Å². The topological polar surface area (TPSA) is 55.1 Å².